The van der Waals surface area contributed by atoms with E-state index in [4.69, 9.17) is 0 Å². The van der Waals surface area contributed by atoms with Gasteiger partial charge in [0.15, 0.2) is 0 Å². The Balaban J connectivity index is 2.90. The van der Waals surface area contributed by atoms with Gasteiger partial charge >= 0.3 is 6.18 Å². The number of hydrogen-bond donors (Lipinski definition) is 3. The molecule has 0 saturated carbocycles. The molecular weight excluding hydrogens is 337 g/mol. The van der Waals surface area contributed by atoms with E-state index in [2.05, 4.69) is 32.3 Å². The number of allylic oxidation sites excluding steroid dienone is 1. The molecule has 0 spiro atoms. The summed E-state index contributed by atoms with van der Waals surface area (Å²) in [7, 11) is 3.02. The summed E-state index contributed by atoms with van der Waals surface area (Å²) in [4.78, 5) is 7.46. The van der Waals surface area contributed by atoms with Crippen molar-refractivity contribution >= 4 is 17.5 Å². The summed E-state index contributed by atoms with van der Waals surface area (Å²) in [5.74, 6) is -0.381. The topological polar surface area (TPSA) is 85.7 Å². The number of aliphatic hydroxyl groups is 1. The second-order valence-electron chi connectivity index (χ2n) is 6.12. The van der Waals surface area contributed by atoms with Crippen molar-refractivity contribution in [1.82, 2.24) is 15.0 Å². The van der Waals surface area contributed by atoms with Crippen LogP contribution in [-0.2, 0) is 6.18 Å². The predicted molar refractivity (Wildman–Crippen MR) is 91.4 cm³/mol. The second-order valence-corrected chi connectivity index (χ2v) is 6.12. The van der Waals surface area contributed by atoms with Crippen LogP contribution in [0.3, 0.4) is 0 Å². The molecule has 0 aliphatic carbocycles. The van der Waals surface area contributed by atoms with Crippen LogP contribution in [0.5, 0.6) is 0 Å². The van der Waals surface area contributed by atoms with Crippen LogP contribution in [0, 0.1) is 0 Å². The molecule has 0 bridgehead atoms. The summed E-state index contributed by atoms with van der Waals surface area (Å²) in [6, 6.07) is 0. The lowest BCUT2D eigenvalue weighted by molar-refractivity contribution is -0.137. The van der Waals surface area contributed by atoms with Crippen LogP contribution in [-0.4, -0.2) is 52.0 Å². The summed E-state index contributed by atoms with van der Waals surface area (Å²) >= 11 is 0. The van der Waals surface area contributed by atoms with Crippen molar-refractivity contribution in [3.8, 4) is 0 Å². The monoisotopic (exact) mass is 360 g/mol. The molecule has 3 N–H and O–H groups in total. The number of halogens is 3. The molecule has 1 heterocycles. The van der Waals surface area contributed by atoms with E-state index in [1.807, 2.05) is 0 Å². The van der Waals surface area contributed by atoms with Crippen molar-refractivity contribution in [2.75, 3.05) is 31.3 Å². The molecule has 1 aromatic rings. The number of rotatable bonds is 7. The smallest absolute Gasteiger partial charge is 0.389 e. The molecule has 140 valence electrons. The summed E-state index contributed by atoms with van der Waals surface area (Å²) < 4.78 is 38.5. The van der Waals surface area contributed by atoms with Gasteiger partial charge in [0.1, 0.15) is 11.4 Å². The Kier molecular flexibility index (Phi) is 6.36. The molecule has 0 atom stereocenters. The van der Waals surface area contributed by atoms with E-state index < -0.39 is 17.3 Å². The van der Waals surface area contributed by atoms with Crippen molar-refractivity contribution in [2.45, 2.75) is 32.5 Å². The number of hydrogen-bond acceptors (Lipinski definition) is 7. The lowest BCUT2D eigenvalue weighted by atomic mass is 10.1. The first-order valence-corrected chi connectivity index (χ1v) is 7.40. The highest BCUT2D eigenvalue weighted by Gasteiger charge is 2.35. The minimum atomic E-state index is -4.55. The first-order valence-electron chi connectivity index (χ1n) is 7.40. The number of likely N-dealkylation sites (N-methyl/N-ethyl adjacent to an activating group) is 1. The minimum absolute atomic E-state index is 0.0398. The van der Waals surface area contributed by atoms with E-state index in [1.165, 1.54) is 12.1 Å². The normalized spacial score (nSPS) is 12.8. The van der Waals surface area contributed by atoms with E-state index in [0.717, 1.165) is 0 Å². The zero-order chi connectivity index (χ0) is 19.4. The Labute approximate surface area is 144 Å². The minimum Gasteiger partial charge on any atom is -0.389 e. The van der Waals surface area contributed by atoms with Crippen molar-refractivity contribution in [3.05, 3.63) is 24.0 Å². The lowest BCUT2D eigenvalue weighted by Gasteiger charge is -2.24. The zero-order valence-electron chi connectivity index (χ0n) is 14.9. The molecule has 0 fully saturated rings. The lowest BCUT2D eigenvalue weighted by Crippen LogP contribution is -2.34. The van der Waals surface area contributed by atoms with E-state index in [-0.39, 0.29) is 18.3 Å². The molecule has 0 aliphatic heterocycles. The molecule has 0 amide bonds. The van der Waals surface area contributed by atoms with Crippen LogP contribution in [0.2, 0.25) is 0 Å². The largest absolute Gasteiger partial charge is 0.421 e. The van der Waals surface area contributed by atoms with Gasteiger partial charge in [0.2, 0.25) is 5.95 Å². The van der Waals surface area contributed by atoms with Crippen LogP contribution in [0.4, 0.5) is 24.9 Å². The fourth-order valence-corrected chi connectivity index (χ4v) is 1.98. The average Bonchev–Trinajstić information content (AvgIpc) is 2.43. The first-order chi connectivity index (χ1) is 11.3. The van der Waals surface area contributed by atoms with Crippen molar-refractivity contribution in [1.29, 1.82) is 0 Å². The van der Waals surface area contributed by atoms with Crippen LogP contribution >= 0.6 is 0 Å². The molecule has 1 aromatic heterocycles. The Morgan fingerprint density at radius 2 is 2.00 bits per heavy atom. The van der Waals surface area contributed by atoms with Crippen molar-refractivity contribution < 1.29 is 18.3 Å². The second kappa shape index (κ2) is 7.68. The number of nitrogens with one attached hydrogen (secondary N) is 2. The van der Waals surface area contributed by atoms with E-state index in [1.54, 1.807) is 27.8 Å². The van der Waals surface area contributed by atoms with E-state index in [9.17, 15) is 18.3 Å². The van der Waals surface area contributed by atoms with Gasteiger partial charge in [0.25, 0.3) is 0 Å². The summed E-state index contributed by atoms with van der Waals surface area (Å²) in [6.07, 6.45) is -3.85. The quantitative estimate of drug-likeness (QED) is 0.512. The van der Waals surface area contributed by atoms with Crippen LogP contribution < -0.4 is 10.6 Å². The van der Waals surface area contributed by atoms with E-state index in [0.29, 0.717) is 17.6 Å². The molecule has 25 heavy (non-hydrogen) atoms. The van der Waals surface area contributed by atoms with Gasteiger partial charge in [0, 0.05) is 20.3 Å². The third-order valence-electron chi connectivity index (χ3n) is 2.97. The van der Waals surface area contributed by atoms with Gasteiger partial charge in [-0.2, -0.15) is 23.3 Å². The average molecular weight is 360 g/mol. The Morgan fingerprint density at radius 3 is 2.48 bits per heavy atom. The van der Waals surface area contributed by atoms with E-state index >= 15 is 0 Å². The van der Waals surface area contributed by atoms with Gasteiger partial charge in [0.05, 0.1) is 23.6 Å². The van der Waals surface area contributed by atoms with Gasteiger partial charge in [-0.3, -0.25) is 5.01 Å². The van der Waals surface area contributed by atoms with Crippen molar-refractivity contribution in [3.63, 3.8) is 0 Å². The maximum atomic E-state index is 12.8. The molecule has 0 aliphatic rings. The molecule has 0 saturated heterocycles. The number of anilines is 2. The van der Waals surface area contributed by atoms with Crippen molar-refractivity contribution in [2.24, 2.45) is 5.10 Å². The fourth-order valence-electron chi connectivity index (χ4n) is 1.98. The highest BCUT2D eigenvalue weighted by Crippen LogP contribution is 2.33. The summed E-state index contributed by atoms with van der Waals surface area (Å²) in [6.45, 7) is 9.03. The highest BCUT2D eigenvalue weighted by molar-refractivity contribution is 5.99. The number of aromatic nitrogens is 2. The fraction of sp³-hybridized carbons (Fsp3) is 0.533. The first kappa shape index (κ1) is 20.7. The summed E-state index contributed by atoms with van der Waals surface area (Å²) in [5.41, 5.74) is -1.09. The number of alkyl halides is 3. The number of nitrogens with zero attached hydrogens (tertiary/aromatic N) is 4. The number of hydrazone groups is 1. The summed E-state index contributed by atoms with van der Waals surface area (Å²) in [5, 5.41) is 20.6. The van der Waals surface area contributed by atoms with Gasteiger partial charge in [-0.25, -0.2) is 4.98 Å². The van der Waals surface area contributed by atoms with Gasteiger partial charge in [-0.15, -0.1) is 0 Å². The molecular formula is C15H23F3N6O. The molecule has 0 aromatic carbocycles. The standard InChI is InChI=1S/C15H23F3N6O/c1-9(10(2)23-24(6)8-14(3,4)25)21-13-20-7-11(15(16,17)18)12(19-5)22-13/h7,25H,1,8H2,2-6H3,(H2,19,20,21,22)/b23-10-. The molecule has 7 nitrogen and oxygen atoms in total. The predicted octanol–water partition coefficient (Wildman–Crippen LogP) is 2.54. The SMILES string of the molecule is C=C(Nc1ncc(C(F)(F)F)c(NC)n1)/C(C)=N\N(C)CC(C)(C)O. The van der Waals surface area contributed by atoms with Crippen LogP contribution in [0.25, 0.3) is 0 Å². The maximum absolute atomic E-state index is 12.8. The molecule has 1 rings (SSSR count). The third-order valence-corrected chi connectivity index (χ3v) is 2.97. The Hall–Kier alpha value is -2.36. The van der Waals surface area contributed by atoms with Gasteiger partial charge in [-0.1, -0.05) is 6.58 Å². The van der Waals surface area contributed by atoms with Gasteiger partial charge in [-0.05, 0) is 20.8 Å². The third kappa shape index (κ3) is 6.57. The molecule has 10 heteroatoms. The molecule has 0 unspecified atom stereocenters. The maximum Gasteiger partial charge on any atom is 0.421 e. The van der Waals surface area contributed by atoms with Crippen LogP contribution in [0.15, 0.2) is 23.6 Å². The Bertz CT molecular complexity index is 652. The van der Waals surface area contributed by atoms with Gasteiger partial charge < -0.3 is 15.7 Å². The Morgan fingerprint density at radius 1 is 1.40 bits per heavy atom. The molecule has 0 radical (unpaired) electrons. The highest BCUT2D eigenvalue weighted by atomic mass is 19.4. The zero-order valence-corrected chi connectivity index (χ0v) is 14.9. The van der Waals surface area contributed by atoms with Crippen LogP contribution in [0.1, 0.15) is 26.3 Å².